The molecule has 1 saturated heterocycles. The number of nitrogens with one attached hydrogen (secondary N) is 1. The van der Waals surface area contributed by atoms with Crippen LogP contribution >= 0.6 is 28.3 Å². The topological polar surface area (TPSA) is 75.4 Å². The summed E-state index contributed by atoms with van der Waals surface area (Å²) in [5.74, 6) is -0.350. The summed E-state index contributed by atoms with van der Waals surface area (Å²) in [6.45, 7) is 3.27. The number of anilines is 1. The van der Waals surface area contributed by atoms with Crippen LogP contribution in [0.4, 0.5) is 5.69 Å². The smallest absolute Gasteiger partial charge is 0.254 e. The Bertz CT molecular complexity index is 548. The van der Waals surface area contributed by atoms with Crippen LogP contribution in [0.5, 0.6) is 0 Å². The van der Waals surface area contributed by atoms with E-state index in [1.54, 1.807) is 25.1 Å². The highest BCUT2D eigenvalue weighted by Gasteiger charge is 2.24. The standard InChI is InChI=1S/C15H20BrN3O2.ClH/c1-10(15(21)19-7-3-2-4-8-19)18-14(20)12-6-5-11(16)9-13(12)17;/h5-6,9-10H,2-4,7-8,17H2,1H3,(H,18,20);1H. The van der Waals surface area contributed by atoms with Gasteiger partial charge >= 0.3 is 0 Å². The third kappa shape index (κ3) is 4.61. The molecule has 1 aromatic carbocycles. The molecular formula is C15H21BrClN3O2. The number of carbonyl (C=O) groups is 2. The molecule has 1 atom stereocenters. The number of benzene rings is 1. The van der Waals surface area contributed by atoms with Gasteiger partial charge in [-0.25, -0.2) is 0 Å². The van der Waals surface area contributed by atoms with E-state index in [-0.39, 0.29) is 24.2 Å². The van der Waals surface area contributed by atoms with Crippen molar-refractivity contribution in [1.29, 1.82) is 0 Å². The highest BCUT2D eigenvalue weighted by molar-refractivity contribution is 9.10. The first kappa shape index (κ1) is 18.8. The SMILES string of the molecule is CC(NC(=O)c1ccc(Br)cc1N)C(=O)N1CCCCC1.Cl. The summed E-state index contributed by atoms with van der Waals surface area (Å²) in [6, 6.07) is 4.53. The largest absolute Gasteiger partial charge is 0.398 e. The van der Waals surface area contributed by atoms with Crippen LogP contribution in [0.25, 0.3) is 0 Å². The lowest BCUT2D eigenvalue weighted by Crippen LogP contribution is -2.48. The molecule has 1 unspecified atom stereocenters. The van der Waals surface area contributed by atoms with E-state index >= 15 is 0 Å². The monoisotopic (exact) mass is 389 g/mol. The Hall–Kier alpha value is -1.27. The number of rotatable bonds is 3. The summed E-state index contributed by atoms with van der Waals surface area (Å²) >= 11 is 3.30. The first-order valence-electron chi connectivity index (χ1n) is 7.13. The zero-order valence-corrected chi connectivity index (χ0v) is 14.9. The minimum atomic E-state index is -0.543. The van der Waals surface area contributed by atoms with Crippen molar-refractivity contribution in [1.82, 2.24) is 10.2 Å². The molecule has 1 heterocycles. The van der Waals surface area contributed by atoms with E-state index in [4.69, 9.17) is 5.73 Å². The van der Waals surface area contributed by atoms with Gasteiger partial charge in [-0.1, -0.05) is 15.9 Å². The molecular weight excluding hydrogens is 370 g/mol. The Morgan fingerprint density at radius 2 is 1.91 bits per heavy atom. The third-order valence-corrected chi connectivity index (χ3v) is 4.14. The molecule has 0 aliphatic carbocycles. The molecule has 1 aliphatic heterocycles. The van der Waals surface area contributed by atoms with E-state index in [0.29, 0.717) is 11.3 Å². The molecule has 0 spiro atoms. The van der Waals surface area contributed by atoms with Gasteiger partial charge in [0.15, 0.2) is 0 Å². The third-order valence-electron chi connectivity index (χ3n) is 3.64. The van der Waals surface area contributed by atoms with Crippen LogP contribution in [0.2, 0.25) is 0 Å². The molecule has 0 radical (unpaired) electrons. The van der Waals surface area contributed by atoms with Crippen molar-refractivity contribution in [3.63, 3.8) is 0 Å². The van der Waals surface area contributed by atoms with Gasteiger partial charge < -0.3 is 16.0 Å². The Morgan fingerprint density at radius 1 is 1.27 bits per heavy atom. The van der Waals surface area contributed by atoms with Gasteiger partial charge in [-0.05, 0) is 44.4 Å². The maximum Gasteiger partial charge on any atom is 0.254 e. The summed E-state index contributed by atoms with van der Waals surface area (Å²) in [7, 11) is 0. The quantitative estimate of drug-likeness (QED) is 0.779. The molecule has 0 aromatic heterocycles. The van der Waals surface area contributed by atoms with E-state index in [0.717, 1.165) is 30.4 Å². The molecule has 0 bridgehead atoms. The number of halogens is 2. The highest BCUT2D eigenvalue weighted by atomic mass is 79.9. The Balaban J connectivity index is 0.00000242. The molecule has 1 aliphatic rings. The molecule has 2 amide bonds. The van der Waals surface area contributed by atoms with Crippen molar-refractivity contribution in [2.75, 3.05) is 18.8 Å². The molecule has 0 saturated carbocycles. The molecule has 122 valence electrons. The second kappa shape index (κ2) is 8.39. The number of nitrogens with two attached hydrogens (primary N) is 1. The molecule has 22 heavy (non-hydrogen) atoms. The minimum absolute atomic E-state index is 0. The zero-order valence-electron chi connectivity index (χ0n) is 12.5. The first-order chi connectivity index (χ1) is 9.99. The van der Waals surface area contributed by atoms with Crippen molar-refractivity contribution in [2.24, 2.45) is 0 Å². The average Bonchev–Trinajstić information content (AvgIpc) is 2.47. The van der Waals surface area contributed by atoms with Crippen molar-refractivity contribution in [2.45, 2.75) is 32.2 Å². The van der Waals surface area contributed by atoms with Gasteiger partial charge in [0, 0.05) is 23.2 Å². The molecule has 1 aromatic rings. The van der Waals surface area contributed by atoms with Gasteiger partial charge in [0.1, 0.15) is 6.04 Å². The molecule has 7 heteroatoms. The maximum absolute atomic E-state index is 12.3. The van der Waals surface area contributed by atoms with Crippen LogP contribution in [0.1, 0.15) is 36.5 Å². The predicted molar refractivity (Wildman–Crippen MR) is 93.2 cm³/mol. The number of hydrogen-bond acceptors (Lipinski definition) is 3. The minimum Gasteiger partial charge on any atom is -0.398 e. The Kier molecular flexibility index (Phi) is 7.16. The lowest BCUT2D eigenvalue weighted by Gasteiger charge is -2.29. The fourth-order valence-electron chi connectivity index (χ4n) is 2.46. The maximum atomic E-state index is 12.3. The van der Waals surface area contributed by atoms with Crippen LogP contribution in [-0.4, -0.2) is 35.8 Å². The Morgan fingerprint density at radius 3 is 2.50 bits per heavy atom. The van der Waals surface area contributed by atoms with Crippen molar-refractivity contribution in [3.8, 4) is 0 Å². The number of carbonyl (C=O) groups excluding carboxylic acids is 2. The van der Waals surface area contributed by atoms with Gasteiger partial charge in [-0.2, -0.15) is 0 Å². The van der Waals surface area contributed by atoms with Gasteiger partial charge in [0.2, 0.25) is 5.91 Å². The zero-order chi connectivity index (χ0) is 15.4. The average molecular weight is 391 g/mol. The highest BCUT2D eigenvalue weighted by Crippen LogP contribution is 2.18. The molecule has 3 N–H and O–H groups in total. The summed E-state index contributed by atoms with van der Waals surface area (Å²) in [5, 5.41) is 2.73. The van der Waals surface area contributed by atoms with Crippen LogP contribution in [-0.2, 0) is 4.79 Å². The molecule has 2 rings (SSSR count). The lowest BCUT2D eigenvalue weighted by molar-refractivity contribution is -0.133. The number of nitrogen functional groups attached to an aromatic ring is 1. The van der Waals surface area contributed by atoms with E-state index in [9.17, 15) is 9.59 Å². The van der Waals surface area contributed by atoms with E-state index < -0.39 is 6.04 Å². The fraction of sp³-hybridized carbons (Fsp3) is 0.467. The number of likely N-dealkylation sites (tertiary alicyclic amines) is 1. The van der Waals surface area contributed by atoms with Crippen LogP contribution < -0.4 is 11.1 Å². The van der Waals surface area contributed by atoms with Crippen molar-refractivity contribution < 1.29 is 9.59 Å². The second-order valence-corrected chi connectivity index (χ2v) is 6.23. The van der Waals surface area contributed by atoms with E-state index in [1.165, 1.54) is 6.42 Å². The van der Waals surface area contributed by atoms with Gasteiger partial charge in [0.25, 0.3) is 5.91 Å². The lowest BCUT2D eigenvalue weighted by atomic mass is 10.1. The first-order valence-corrected chi connectivity index (χ1v) is 7.93. The van der Waals surface area contributed by atoms with Crippen molar-refractivity contribution in [3.05, 3.63) is 28.2 Å². The van der Waals surface area contributed by atoms with E-state index in [1.807, 2.05) is 4.90 Å². The summed E-state index contributed by atoms with van der Waals surface area (Å²) in [6.07, 6.45) is 3.23. The summed E-state index contributed by atoms with van der Waals surface area (Å²) < 4.78 is 0.814. The number of hydrogen-bond donors (Lipinski definition) is 2. The number of amides is 2. The van der Waals surface area contributed by atoms with E-state index in [2.05, 4.69) is 21.2 Å². The number of nitrogens with zero attached hydrogens (tertiary/aromatic N) is 1. The van der Waals surface area contributed by atoms with Crippen LogP contribution in [0, 0.1) is 0 Å². The van der Waals surface area contributed by atoms with Gasteiger partial charge in [0.05, 0.1) is 5.56 Å². The summed E-state index contributed by atoms with van der Waals surface area (Å²) in [5.41, 5.74) is 6.60. The predicted octanol–water partition coefficient (Wildman–Crippen LogP) is 2.58. The van der Waals surface area contributed by atoms with Crippen LogP contribution in [0.15, 0.2) is 22.7 Å². The molecule has 5 nitrogen and oxygen atoms in total. The molecule has 1 fully saturated rings. The van der Waals surface area contributed by atoms with Gasteiger partial charge in [-0.15, -0.1) is 12.4 Å². The summed E-state index contributed by atoms with van der Waals surface area (Å²) in [4.78, 5) is 26.3. The fourth-order valence-corrected chi connectivity index (χ4v) is 2.84. The van der Waals surface area contributed by atoms with Gasteiger partial charge in [-0.3, -0.25) is 9.59 Å². The number of piperidine rings is 1. The normalized spacial score (nSPS) is 15.6. The van der Waals surface area contributed by atoms with Crippen molar-refractivity contribution >= 4 is 45.8 Å². The van der Waals surface area contributed by atoms with Crippen LogP contribution in [0.3, 0.4) is 0 Å². The second-order valence-electron chi connectivity index (χ2n) is 5.31. The Labute approximate surface area is 145 Å².